The van der Waals surface area contributed by atoms with Crippen molar-refractivity contribution in [2.45, 2.75) is 64.8 Å². The summed E-state index contributed by atoms with van der Waals surface area (Å²) in [6.07, 6.45) is 8.89. The molecule has 1 rings (SSSR count). The number of amides is 1. The number of aromatic hydroxyl groups is 1. The van der Waals surface area contributed by atoms with Gasteiger partial charge in [-0.15, -0.1) is 0 Å². The Morgan fingerprint density at radius 2 is 1.52 bits per heavy atom. The number of hydrogen-bond acceptors (Lipinski definition) is 3. The number of benzene rings is 1. The summed E-state index contributed by atoms with van der Waals surface area (Å²) in [7, 11) is 0. The van der Waals surface area contributed by atoms with E-state index in [2.05, 4.69) is 13.8 Å². The molecule has 0 heterocycles. The molecule has 0 aliphatic heterocycles. The maximum Gasteiger partial charge on any atom is 0.234 e. The van der Waals surface area contributed by atoms with Crippen LogP contribution in [0.5, 0.6) is 5.75 Å². The molecule has 0 fully saturated rings. The van der Waals surface area contributed by atoms with Gasteiger partial charge in [-0.05, 0) is 24.1 Å². The summed E-state index contributed by atoms with van der Waals surface area (Å²) in [6.45, 7) is 4.51. The highest BCUT2D eigenvalue weighted by Gasteiger charge is 2.09. The molecular weight excluding hydrogens is 264 g/mol. The maximum absolute atomic E-state index is 10.6. The van der Waals surface area contributed by atoms with Crippen molar-refractivity contribution in [1.29, 1.82) is 0 Å². The van der Waals surface area contributed by atoms with Crippen LogP contribution in [-0.4, -0.2) is 17.1 Å². The van der Waals surface area contributed by atoms with E-state index in [9.17, 15) is 4.79 Å². The molecule has 0 aromatic heterocycles. The normalized spacial score (nSPS) is 11.4. The van der Waals surface area contributed by atoms with E-state index in [-0.39, 0.29) is 5.75 Å². The SMILES string of the molecule is CCCCCCCC.NC(=O)[C@@H](N)Cc1ccc(O)cc1. The van der Waals surface area contributed by atoms with Crippen molar-refractivity contribution >= 4 is 5.91 Å². The topological polar surface area (TPSA) is 89.3 Å². The van der Waals surface area contributed by atoms with Gasteiger partial charge >= 0.3 is 0 Å². The van der Waals surface area contributed by atoms with Gasteiger partial charge in [-0.3, -0.25) is 4.79 Å². The van der Waals surface area contributed by atoms with Gasteiger partial charge in [-0.1, -0.05) is 64.5 Å². The van der Waals surface area contributed by atoms with Crippen LogP contribution >= 0.6 is 0 Å². The maximum atomic E-state index is 10.6. The molecule has 5 N–H and O–H groups in total. The number of nitrogens with two attached hydrogens (primary N) is 2. The van der Waals surface area contributed by atoms with Crippen molar-refractivity contribution in [2.75, 3.05) is 0 Å². The van der Waals surface area contributed by atoms with Crippen LogP contribution in [0.15, 0.2) is 24.3 Å². The molecule has 4 nitrogen and oxygen atoms in total. The van der Waals surface area contributed by atoms with E-state index in [0.717, 1.165) is 5.56 Å². The lowest BCUT2D eigenvalue weighted by molar-refractivity contribution is -0.119. The quantitative estimate of drug-likeness (QED) is 0.643. The molecule has 0 aliphatic carbocycles. The minimum atomic E-state index is -0.662. The predicted molar refractivity (Wildman–Crippen MR) is 88.0 cm³/mol. The first-order chi connectivity index (χ1) is 10.0. The lowest BCUT2D eigenvalue weighted by Gasteiger charge is -2.06. The highest BCUT2D eigenvalue weighted by atomic mass is 16.3. The van der Waals surface area contributed by atoms with Crippen LogP contribution in [0.1, 0.15) is 57.9 Å². The van der Waals surface area contributed by atoms with Gasteiger partial charge < -0.3 is 16.6 Å². The summed E-state index contributed by atoms with van der Waals surface area (Å²) in [5.41, 5.74) is 11.3. The molecule has 0 saturated heterocycles. The summed E-state index contributed by atoms with van der Waals surface area (Å²) in [5, 5.41) is 8.98. The summed E-state index contributed by atoms with van der Waals surface area (Å²) in [5.74, 6) is -0.329. The zero-order valence-corrected chi connectivity index (χ0v) is 13.3. The van der Waals surface area contributed by atoms with Crippen molar-refractivity contribution in [2.24, 2.45) is 11.5 Å². The third-order valence-corrected chi connectivity index (χ3v) is 3.21. The average molecular weight is 294 g/mol. The second-order valence-corrected chi connectivity index (χ2v) is 5.29. The molecule has 0 saturated carbocycles. The second-order valence-electron chi connectivity index (χ2n) is 5.29. The third-order valence-electron chi connectivity index (χ3n) is 3.21. The van der Waals surface area contributed by atoms with Gasteiger partial charge in [-0.2, -0.15) is 0 Å². The molecule has 0 aliphatic rings. The van der Waals surface area contributed by atoms with E-state index >= 15 is 0 Å². The van der Waals surface area contributed by atoms with Gasteiger partial charge in [0.05, 0.1) is 6.04 Å². The van der Waals surface area contributed by atoms with Gasteiger partial charge in [0.25, 0.3) is 0 Å². The summed E-state index contributed by atoms with van der Waals surface area (Å²) in [4.78, 5) is 10.6. The molecule has 1 aromatic carbocycles. The van der Waals surface area contributed by atoms with E-state index < -0.39 is 11.9 Å². The number of carbonyl (C=O) groups excluding carboxylic acids is 1. The first-order valence-corrected chi connectivity index (χ1v) is 7.84. The first kappa shape index (κ1) is 19.4. The van der Waals surface area contributed by atoms with E-state index in [1.807, 2.05) is 0 Å². The summed E-state index contributed by atoms with van der Waals surface area (Å²) >= 11 is 0. The Morgan fingerprint density at radius 3 is 1.90 bits per heavy atom. The van der Waals surface area contributed by atoms with Crippen LogP contribution < -0.4 is 11.5 Å². The smallest absolute Gasteiger partial charge is 0.234 e. The Kier molecular flexibility index (Phi) is 11.3. The zero-order chi connectivity index (χ0) is 16.1. The van der Waals surface area contributed by atoms with Crippen molar-refractivity contribution < 1.29 is 9.90 Å². The number of rotatable bonds is 8. The number of carbonyl (C=O) groups is 1. The molecule has 21 heavy (non-hydrogen) atoms. The third kappa shape index (κ3) is 10.9. The lowest BCUT2D eigenvalue weighted by Crippen LogP contribution is -2.38. The molecule has 1 aromatic rings. The van der Waals surface area contributed by atoms with Crippen LogP contribution in [0.4, 0.5) is 0 Å². The van der Waals surface area contributed by atoms with Gasteiger partial charge in [0.1, 0.15) is 5.75 Å². The fourth-order valence-corrected chi connectivity index (χ4v) is 1.84. The van der Waals surface area contributed by atoms with Crippen LogP contribution in [-0.2, 0) is 11.2 Å². The Morgan fingerprint density at radius 1 is 1.05 bits per heavy atom. The molecule has 120 valence electrons. The fraction of sp³-hybridized carbons (Fsp3) is 0.588. The minimum absolute atomic E-state index is 0.191. The Balaban J connectivity index is 0.000000433. The largest absolute Gasteiger partial charge is 0.508 e. The van der Waals surface area contributed by atoms with Gasteiger partial charge in [0.15, 0.2) is 0 Å². The molecule has 1 amide bonds. The van der Waals surface area contributed by atoms with Gasteiger partial charge in [0.2, 0.25) is 5.91 Å². The van der Waals surface area contributed by atoms with E-state index in [4.69, 9.17) is 16.6 Å². The zero-order valence-electron chi connectivity index (χ0n) is 13.3. The van der Waals surface area contributed by atoms with E-state index in [0.29, 0.717) is 6.42 Å². The Hall–Kier alpha value is -1.55. The number of primary amides is 1. The molecule has 0 bridgehead atoms. The standard InChI is InChI=1S/C9H12N2O2.C8H18/c10-8(9(11)13)5-6-1-3-7(12)4-2-6;1-3-5-7-8-6-4-2/h1-4,8,12H,5,10H2,(H2,11,13);3-8H2,1-2H3/t8-;/m0./s1. The number of phenols is 1. The van der Waals surface area contributed by atoms with Crippen LogP contribution in [0.25, 0.3) is 0 Å². The highest BCUT2D eigenvalue weighted by molar-refractivity contribution is 5.79. The van der Waals surface area contributed by atoms with Crippen LogP contribution in [0, 0.1) is 0 Å². The molecule has 0 unspecified atom stereocenters. The fourth-order valence-electron chi connectivity index (χ4n) is 1.84. The molecule has 0 spiro atoms. The summed E-state index contributed by atoms with van der Waals surface area (Å²) < 4.78 is 0. The van der Waals surface area contributed by atoms with Gasteiger partial charge in [-0.25, -0.2) is 0 Å². The Bertz CT molecular complexity index is 371. The average Bonchev–Trinajstić information content (AvgIpc) is 2.47. The van der Waals surface area contributed by atoms with Crippen LogP contribution in [0.2, 0.25) is 0 Å². The van der Waals surface area contributed by atoms with Crippen molar-refractivity contribution in [3.8, 4) is 5.75 Å². The van der Waals surface area contributed by atoms with E-state index in [1.165, 1.54) is 38.5 Å². The molecule has 0 radical (unpaired) electrons. The minimum Gasteiger partial charge on any atom is -0.508 e. The van der Waals surface area contributed by atoms with Crippen molar-refractivity contribution in [1.82, 2.24) is 0 Å². The monoisotopic (exact) mass is 294 g/mol. The first-order valence-electron chi connectivity index (χ1n) is 7.84. The van der Waals surface area contributed by atoms with Gasteiger partial charge in [0, 0.05) is 0 Å². The molecule has 4 heteroatoms. The Labute approximate surface area is 128 Å². The summed E-state index contributed by atoms with van der Waals surface area (Å²) in [6, 6.07) is 5.84. The number of unbranched alkanes of at least 4 members (excludes halogenated alkanes) is 5. The molecule has 1 atom stereocenters. The predicted octanol–water partition coefficient (Wildman–Crippen LogP) is 3.11. The number of phenolic OH excluding ortho intramolecular Hbond substituents is 1. The lowest BCUT2D eigenvalue weighted by atomic mass is 10.1. The second kappa shape index (κ2) is 12.2. The van der Waals surface area contributed by atoms with Crippen LogP contribution in [0.3, 0.4) is 0 Å². The van der Waals surface area contributed by atoms with Crippen molar-refractivity contribution in [3.63, 3.8) is 0 Å². The highest BCUT2D eigenvalue weighted by Crippen LogP contribution is 2.10. The van der Waals surface area contributed by atoms with E-state index in [1.54, 1.807) is 24.3 Å². The number of hydrogen-bond donors (Lipinski definition) is 3. The molecular formula is C17H30N2O2. The van der Waals surface area contributed by atoms with Crippen molar-refractivity contribution in [3.05, 3.63) is 29.8 Å².